The van der Waals surface area contributed by atoms with Gasteiger partial charge in [-0.3, -0.25) is 5.32 Å². The van der Waals surface area contributed by atoms with Crippen molar-refractivity contribution < 1.29 is 4.79 Å². The number of aromatic nitrogens is 1. The molecule has 0 aliphatic carbocycles. The minimum absolute atomic E-state index is 0.0874. The number of carbonyl (C=O) groups is 1. The molecule has 1 saturated heterocycles. The molecular formula is C12H18N4O. The second-order valence-electron chi connectivity index (χ2n) is 4.24. The quantitative estimate of drug-likeness (QED) is 0.811. The fourth-order valence-electron chi connectivity index (χ4n) is 1.99. The second kappa shape index (κ2) is 5.63. The topological polar surface area (TPSA) is 57.3 Å². The van der Waals surface area contributed by atoms with Gasteiger partial charge in [-0.2, -0.15) is 0 Å². The average Bonchev–Trinajstić information content (AvgIpc) is 2.40. The normalized spacial score (nSPS) is 16.5. The fourth-order valence-corrected chi connectivity index (χ4v) is 1.99. The van der Waals surface area contributed by atoms with E-state index in [9.17, 15) is 4.79 Å². The van der Waals surface area contributed by atoms with Gasteiger partial charge < -0.3 is 10.2 Å². The van der Waals surface area contributed by atoms with Crippen LogP contribution in [-0.2, 0) is 0 Å². The Morgan fingerprint density at radius 3 is 2.88 bits per heavy atom. The van der Waals surface area contributed by atoms with Crippen molar-refractivity contribution in [1.29, 1.82) is 0 Å². The molecule has 0 bridgehead atoms. The Morgan fingerprint density at radius 1 is 1.47 bits per heavy atom. The smallest absolute Gasteiger partial charge is 0.323 e. The number of hydrogen-bond acceptors (Lipinski definition) is 3. The number of nitrogens with one attached hydrogen (secondary N) is 2. The first-order valence-corrected chi connectivity index (χ1v) is 5.93. The summed E-state index contributed by atoms with van der Waals surface area (Å²) in [6, 6.07) is 5.70. The lowest BCUT2D eigenvalue weighted by Gasteiger charge is -2.31. The van der Waals surface area contributed by atoms with Crippen molar-refractivity contribution in [3.05, 3.63) is 24.4 Å². The van der Waals surface area contributed by atoms with Gasteiger partial charge in [-0.15, -0.1) is 0 Å². The molecule has 2 rings (SSSR count). The summed E-state index contributed by atoms with van der Waals surface area (Å²) in [5, 5.41) is 6.08. The molecule has 5 heteroatoms. The first-order valence-electron chi connectivity index (χ1n) is 5.93. The summed E-state index contributed by atoms with van der Waals surface area (Å²) in [6.07, 6.45) is 3.68. The maximum absolute atomic E-state index is 12.0. The minimum atomic E-state index is -0.0874. The number of carbonyl (C=O) groups excluding carboxylic acids is 1. The standard InChI is InChI=1S/C12H18N4O/c1-16(10-5-8-13-9-6-10)12(17)15-11-4-2-3-7-14-11/h2-4,7,10,13H,5-6,8-9H2,1H3,(H,14,15,17). The van der Waals surface area contributed by atoms with Crippen LogP contribution in [0.25, 0.3) is 0 Å². The van der Waals surface area contributed by atoms with Gasteiger partial charge in [0.25, 0.3) is 0 Å². The van der Waals surface area contributed by atoms with Gasteiger partial charge in [-0.25, -0.2) is 9.78 Å². The highest BCUT2D eigenvalue weighted by molar-refractivity contribution is 5.88. The van der Waals surface area contributed by atoms with Gasteiger partial charge >= 0.3 is 6.03 Å². The van der Waals surface area contributed by atoms with Gasteiger partial charge in [0.1, 0.15) is 5.82 Å². The molecule has 0 radical (unpaired) electrons. The molecule has 1 aliphatic rings. The fraction of sp³-hybridized carbons (Fsp3) is 0.500. The molecule has 0 spiro atoms. The number of urea groups is 1. The molecule has 1 aromatic rings. The zero-order chi connectivity index (χ0) is 12.1. The van der Waals surface area contributed by atoms with Gasteiger partial charge in [0.05, 0.1) is 0 Å². The van der Waals surface area contributed by atoms with E-state index in [2.05, 4.69) is 15.6 Å². The third-order valence-corrected chi connectivity index (χ3v) is 3.08. The van der Waals surface area contributed by atoms with Gasteiger partial charge in [-0.1, -0.05) is 6.07 Å². The van der Waals surface area contributed by atoms with E-state index >= 15 is 0 Å². The lowest BCUT2D eigenvalue weighted by atomic mass is 10.1. The lowest BCUT2D eigenvalue weighted by Crippen LogP contribution is -2.45. The summed E-state index contributed by atoms with van der Waals surface area (Å²) in [6.45, 7) is 1.96. The largest absolute Gasteiger partial charge is 0.324 e. The van der Waals surface area contributed by atoms with E-state index in [4.69, 9.17) is 0 Å². The molecule has 0 aromatic carbocycles. The highest BCUT2D eigenvalue weighted by atomic mass is 16.2. The maximum Gasteiger partial charge on any atom is 0.323 e. The minimum Gasteiger partial charge on any atom is -0.324 e. The van der Waals surface area contributed by atoms with E-state index in [0.717, 1.165) is 25.9 Å². The number of nitrogens with zero attached hydrogens (tertiary/aromatic N) is 2. The van der Waals surface area contributed by atoms with E-state index in [1.54, 1.807) is 17.2 Å². The molecule has 17 heavy (non-hydrogen) atoms. The summed E-state index contributed by atoms with van der Waals surface area (Å²) in [4.78, 5) is 17.8. The molecule has 0 atom stereocenters. The Bertz CT molecular complexity index is 362. The van der Waals surface area contributed by atoms with Crippen LogP contribution in [0.3, 0.4) is 0 Å². The van der Waals surface area contributed by atoms with Gasteiger partial charge in [0, 0.05) is 19.3 Å². The molecule has 1 fully saturated rings. The Kier molecular flexibility index (Phi) is 3.93. The van der Waals surface area contributed by atoms with E-state index in [1.165, 1.54) is 0 Å². The number of pyridine rings is 1. The maximum atomic E-state index is 12.0. The molecule has 1 aromatic heterocycles. The monoisotopic (exact) mass is 234 g/mol. The number of piperidine rings is 1. The van der Waals surface area contributed by atoms with Crippen LogP contribution in [0.2, 0.25) is 0 Å². The zero-order valence-electron chi connectivity index (χ0n) is 10.0. The summed E-state index contributed by atoms with van der Waals surface area (Å²) in [7, 11) is 1.84. The van der Waals surface area contributed by atoms with E-state index < -0.39 is 0 Å². The molecule has 2 N–H and O–H groups in total. The predicted molar refractivity (Wildman–Crippen MR) is 66.9 cm³/mol. The molecule has 2 heterocycles. The molecular weight excluding hydrogens is 216 g/mol. The first kappa shape index (κ1) is 11.9. The van der Waals surface area contributed by atoms with Crippen LogP contribution in [-0.4, -0.2) is 42.1 Å². The number of hydrogen-bond donors (Lipinski definition) is 2. The Hall–Kier alpha value is -1.62. The molecule has 2 amide bonds. The van der Waals surface area contributed by atoms with Gasteiger partial charge in [-0.05, 0) is 38.1 Å². The van der Waals surface area contributed by atoms with Crippen molar-refractivity contribution in [2.75, 3.05) is 25.5 Å². The van der Waals surface area contributed by atoms with Crippen LogP contribution in [0.5, 0.6) is 0 Å². The average molecular weight is 234 g/mol. The van der Waals surface area contributed by atoms with Crippen LogP contribution in [0.15, 0.2) is 24.4 Å². The van der Waals surface area contributed by atoms with Crippen LogP contribution >= 0.6 is 0 Å². The Labute approximate surface area is 101 Å². The summed E-state index contributed by atoms with van der Waals surface area (Å²) in [5.41, 5.74) is 0. The summed E-state index contributed by atoms with van der Waals surface area (Å²) < 4.78 is 0. The van der Waals surface area contributed by atoms with Crippen molar-refractivity contribution >= 4 is 11.8 Å². The first-order chi connectivity index (χ1) is 8.27. The number of amides is 2. The molecule has 0 unspecified atom stereocenters. The van der Waals surface area contributed by atoms with Gasteiger partial charge in [0.15, 0.2) is 0 Å². The Morgan fingerprint density at radius 2 is 2.24 bits per heavy atom. The number of rotatable bonds is 2. The second-order valence-corrected chi connectivity index (χ2v) is 4.24. The van der Waals surface area contributed by atoms with E-state index in [1.807, 2.05) is 19.2 Å². The van der Waals surface area contributed by atoms with Crippen LogP contribution in [0.1, 0.15) is 12.8 Å². The third kappa shape index (κ3) is 3.17. The van der Waals surface area contributed by atoms with Crippen LogP contribution < -0.4 is 10.6 Å². The van der Waals surface area contributed by atoms with Gasteiger partial charge in [0.2, 0.25) is 0 Å². The zero-order valence-corrected chi connectivity index (χ0v) is 10.0. The molecule has 0 saturated carbocycles. The highest BCUT2D eigenvalue weighted by Crippen LogP contribution is 2.11. The van der Waals surface area contributed by atoms with E-state index in [-0.39, 0.29) is 6.03 Å². The molecule has 5 nitrogen and oxygen atoms in total. The highest BCUT2D eigenvalue weighted by Gasteiger charge is 2.21. The summed E-state index contributed by atoms with van der Waals surface area (Å²) in [5.74, 6) is 0.596. The lowest BCUT2D eigenvalue weighted by molar-refractivity contribution is 0.189. The van der Waals surface area contributed by atoms with Crippen molar-refractivity contribution in [2.45, 2.75) is 18.9 Å². The predicted octanol–water partition coefficient (Wildman–Crippen LogP) is 1.30. The number of anilines is 1. The van der Waals surface area contributed by atoms with Crippen LogP contribution in [0, 0.1) is 0 Å². The molecule has 92 valence electrons. The van der Waals surface area contributed by atoms with Crippen molar-refractivity contribution in [3.63, 3.8) is 0 Å². The van der Waals surface area contributed by atoms with Crippen molar-refractivity contribution in [3.8, 4) is 0 Å². The summed E-state index contributed by atoms with van der Waals surface area (Å²) >= 11 is 0. The SMILES string of the molecule is CN(C(=O)Nc1ccccn1)C1CCNCC1. The van der Waals surface area contributed by atoms with Crippen molar-refractivity contribution in [2.24, 2.45) is 0 Å². The van der Waals surface area contributed by atoms with E-state index in [0.29, 0.717) is 11.9 Å². The third-order valence-electron chi connectivity index (χ3n) is 3.08. The van der Waals surface area contributed by atoms with Crippen molar-refractivity contribution in [1.82, 2.24) is 15.2 Å². The van der Waals surface area contributed by atoms with Crippen LogP contribution in [0.4, 0.5) is 10.6 Å². The Balaban J connectivity index is 1.90. The molecule has 1 aliphatic heterocycles.